The van der Waals surface area contributed by atoms with E-state index in [9.17, 15) is 0 Å². The Hall–Kier alpha value is -0.260. The summed E-state index contributed by atoms with van der Waals surface area (Å²) in [6.07, 6.45) is 26.2. The smallest absolute Gasteiger partial charge is 0.0351 e. The highest BCUT2D eigenvalue weighted by Crippen LogP contribution is 2.18. The molecule has 0 aromatic heterocycles. The van der Waals surface area contributed by atoms with E-state index >= 15 is 0 Å². The number of rotatable bonds is 18. The highest BCUT2D eigenvalue weighted by atomic mass is 14.1. The molecule has 0 N–H and O–H groups in total. The highest BCUT2D eigenvalue weighted by Gasteiger charge is 2.02. The van der Waals surface area contributed by atoms with Crippen LogP contribution in [0, 0.1) is 25.7 Å². The van der Waals surface area contributed by atoms with Crippen molar-refractivity contribution in [2.45, 2.75) is 117 Å². The lowest BCUT2D eigenvalue weighted by molar-refractivity contribution is 0.440. The van der Waals surface area contributed by atoms with Crippen LogP contribution in [0.1, 0.15) is 117 Å². The van der Waals surface area contributed by atoms with Gasteiger partial charge in [0.25, 0.3) is 0 Å². The molecular weight excluding hydrogens is 288 g/mol. The SMILES string of the molecule is [CH2]CCCCCCC(C)CCCC/C=C/CCCC(C)CCC[CH2]. The molecule has 0 spiro atoms. The molecule has 2 atom stereocenters. The molecule has 0 saturated heterocycles. The first kappa shape index (κ1) is 23.7. The van der Waals surface area contributed by atoms with Gasteiger partial charge in [-0.05, 0) is 37.5 Å². The van der Waals surface area contributed by atoms with Crippen molar-refractivity contribution in [3.8, 4) is 0 Å². The van der Waals surface area contributed by atoms with Gasteiger partial charge in [-0.2, -0.15) is 0 Å². The van der Waals surface area contributed by atoms with Gasteiger partial charge in [-0.25, -0.2) is 0 Å². The second-order valence-electron chi connectivity index (χ2n) is 7.95. The Balaban J connectivity index is 3.30. The number of allylic oxidation sites excluding steroid dienone is 2. The normalized spacial score (nSPS) is 14.3. The fourth-order valence-electron chi connectivity index (χ4n) is 3.38. The maximum atomic E-state index is 3.93. The fraction of sp³-hybridized carbons (Fsp3) is 0.833. The summed E-state index contributed by atoms with van der Waals surface area (Å²) in [5, 5.41) is 0. The number of hydrogen-bond donors (Lipinski definition) is 0. The lowest BCUT2D eigenvalue weighted by atomic mass is 9.96. The van der Waals surface area contributed by atoms with Gasteiger partial charge in [0.1, 0.15) is 0 Å². The van der Waals surface area contributed by atoms with Crippen molar-refractivity contribution >= 4 is 0 Å². The molecule has 0 fully saturated rings. The van der Waals surface area contributed by atoms with Crippen molar-refractivity contribution in [3.63, 3.8) is 0 Å². The summed E-state index contributed by atoms with van der Waals surface area (Å²) in [6, 6.07) is 0. The third-order valence-electron chi connectivity index (χ3n) is 5.20. The minimum atomic E-state index is 0.889. The van der Waals surface area contributed by atoms with Crippen molar-refractivity contribution in [2.24, 2.45) is 11.8 Å². The molecule has 2 unspecified atom stereocenters. The zero-order chi connectivity index (χ0) is 17.9. The van der Waals surface area contributed by atoms with Crippen LogP contribution in [0.2, 0.25) is 0 Å². The zero-order valence-electron chi connectivity index (χ0n) is 17.0. The van der Waals surface area contributed by atoms with Crippen LogP contribution in [0.5, 0.6) is 0 Å². The van der Waals surface area contributed by atoms with Crippen LogP contribution in [0.4, 0.5) is 0 Å². The summed E-state index contributed by atoms with van der Waals surface area (Å²) in [5.74, 6) is 1.81. The monoisotopic (exact) mass is 334 g/mol. The summed E-state index contributed by atoms with van der Waals surface area (Å²) in [7, 11) is 0. The maximum Gasteiger partial charge on any atom is -0.0351 e. The molecule has 0 aliphatic carbocycles. The average Bonchev–Trinajstić information content (AvgIpc) is 2.58. The minimum Gasteiger partial charge on any atom is -0.0885 e. The lowest BCUT2D eigenvalue weighted by Crippen LogP contribution is -1.95. The molecule has 0 nitrogen and oxygen atoms in total. The van der Waals surface area contributed by atoms with E-state index in [4.69, 9.17) is 0 Å². The van der Waals surface area contributed by atoms with Crippen molar-refractivity contribution in [1.29, 1.82) is 0 Å². The number of hydrogen-bond acceptors (Lipinski definition) is 0. The van der Waals surface area contributed by atoms with Crippen molar-refractivity contribution in [1.82, 2.24) is 0 Å². The Morgan fingerprint density at radius 3 is 1.62 bits per heavy atom. The molecule has 0 heterocycles. The van der Waals surface area contributed by atoms with E-state index in [0.717, 1.165) is 24.7 Å². The predicted octanol–water partition coefficient (Wildman–Crippen LogP) is 8.72. The predicted molar refractivity (Wildman–Crippen MR) is 112 cm³/mol. The Morgan fingerprint density at radius 2 is 1.00 bits per heavy atom. The van der Waals surface area contributed by atoms with Crippen LogP contribution in [0.3, 0.4) is 0 Å². The third kappa shape index (κ3) is 18.1. The van der Waals surface area contributed by atoms with E-state index in [1.54, 1.807) is 0 Å². The van der Waals surface area contributed by atoms with Crippen LogP contribution in [-0.4, -0.2) is 0 Å². The van der Waals surface area contributed by atoms with Crippen molar-refractivity contribution in [3.05, 3.63) is 26.0 Å². The van der Waals surface area contributed by atoms with Crippen LogP contribution in [0.15, 0.2) is 12.2 Å². The second-order valence-corrected chi connectivity index (χ2v) is 7.95. The topological polar surface area (TPSA) is 0 Å². The summed E-state index contributed by atoms with van der Waals surface area (Å²) < 4.78 is 0. The van der Waals surface area contributed by atoms with Gasteiger partial charge in [-0.1, -0.05) is 117 Å². The van der Waals surface area contributed by atoms with Crippen LogP contribution in [0.25, 0.3) is 0 Å². The molecule has 24 heavy (non-hydrogen) atoms. The molecule has 0 bridgehead atoms. The van der Waals surface area contributed by atoms with Crippen LogP contribution in [-0.2, 0) is 0 Å². The summed E-state index contributed by atoms with van der Waals surface area (Å²) in [4.78, 5) is 0. The standard InChI is InChI=1S/C24H46/c1-5-7-9-13-16-21-24(4)22-18-15-12-10-11-14-17-20-23(3)19-8-6-2/h10-11,23-24H,1-2,5-9,12-22H2,3-4H3/b11-10+. The van der Waals surface area contributed by atoms with Gasteiger partial charge in [-0.15, -0.1) is 0 Å². The first-order chi connectivity index (χ1) is 11.7. The molecule has 0 aromatic carbocycles. The van der Waals surface area contributed by atoms with Gasteiger partial charge < -0.3 is 0 Å². The Bertz CT molecular complexity index is 253. The quantitative estimate of drug-likeness (QED) is 0.174. The first-order valence-corrected chi connectivity index (χ1v) is 10.9. The van der Waals surface area contributed by atoms with Gasteiger partial charge >= 0.3 is 0 Å². The number of unbranched alkanes of at least 4 members (excludes halogenated alkanes) is 8. The molecule has 0 aromatic rings. The van der Waals surface area contributed by atoms with E-state index in [1.165, 1.54) is 89.9 Å². The van der Waals surface area contributed by atoms with E-state index in [1.807, 2.05) is 0 Å². The van der Waals surface area contributed by atoms with Crippen molar-refractivity contribution in [2.75, 3.05) is 0 Å². The van der Waals surface area contributed by atoms with Crippen molar-refractivity contribution < 1.29 is 0 Å². The highest BCUT2D eigenvalue weighted by molar-refractivity contribution is 4.81. The lowest BCUT2D eigenvalue weighted by Gasteiger charge is -2.10. The van der Waals surface area contributed by atoms with E-state index in [0.29, 0.717) is 0 Å². The second kappa shape index (κ2) is 19.1. The Kier molecular flexibility index (Phi) is 18.9. The van der Waals surface area contributed by atoms with E-state index in [2.05, 4.69) is 39.8 Å². The first-order valence-electron chi connectivity index (χ1n) is 10.9. The Morgan fingerprint density at radius 1 is 0.542 bits per heavy atom. The van der Waals surface area contributed by atoms with Gasteiger partial charge in [0.05, 0.1) is 0 Å². The zero-order valence-corrected chi connectivity index (χ0v) is 17.0. The van der Waals surface area contributed by atoms with Crippen LogP contribution < -0.4 is 0 Å². The van der Waals surface area contributed by atoms with Crippen LogP contribution >= 0.6 is 0 Å². The summed E-state index contributed by atoms with van der Waals surface area (Å²) in [6.45, 7) is 12.7. The molecule has 0 heteroatoms. The van der Waals surface area contributed by atoms with E-state index < -0.39 is 0 Å². The Labute approximate surface area is 154 Å². The fourth-order valence-corrected chi connectivity index (χ4v) is 3.38. The molecule has 0 amide bonds. The van der Waals surface area contributed by atoms with E-state index in [-0.39, 0.29) is 0 Å². The molecule has 0 aliphatic heterocycles. The summed E-state index contributed by atoms with van der Waals surface area (Å²) >= 11 is 0. The van der Waals surface area contributed by atoms with Gasteiger partial charge in [-0.3, -0.25) is 0 Å². The average molecular weight is 335 g/mol. The summed E-state index contributed by atoms with van der Waals surface area (Å²) in [5.41, 5.74) is 0. The maximum absolute atomic E-state index is 3.93. The molecule has 142 valence electrons. The molecular formula is C24H46. The van der Waals surface area contributed by atoms with Gasteiger partial charge in [0.15, 0.2) is 0 Å². The largest absolute Gasteiger partial charge is 0.0885 e. The third-order valence-corrected chi connectivity index (χ3v) is 5.20. The van der Waals surface area contributed by atoms with Gasteiger partial charge in [0, 0.05) is 0 Å². The minimum absolute atomic E-state index is 0.889. The molecule has 0 rings (SSSR count). The molecule has 0 aliphatic rings. The molecule has 0 saturated carbocycles. The van der Waals surface area contributed by atoms with Gasteiger partial charge in [0.2, 0.25) is 0 Å². The molecule has 2 radical (unpaired) electrons.